The molecule has 0 aliphatic carbocycles. The molecule has 0 radical (unpaired) electrons. The van der Waals surface area contributed by atoms with Crippen molar-refractivity contribution in [3.05, 3.63) is 36.8 Å². The van der Waals surface area contributed by atoms with Gasteiger partial charge in [0.2, 0.25) is 0 Å². The van der Waals surface area contributed by atoms with Gasteiger partial charge in [-0.05, 0) is 6.10 Å². The third-order valence-corrected chi connectivity index (χ3v) is 5.93. The zero-order valence-corrected chi connectivity index (χ0v) is 20.7. The molecule has 16 heteroatoms. The summed E-state index contributed by atoms with van der Waals surface area (Å²) in [4.78, 5) is 37.0. The number of aliphatic hydroxyl groups excluding tert-OH is 7. The van der Waals surface area contributed by atoms with Crippen LogP contribution in [0.2, 0.25) is 0 Å². The molecule has 188 valence electrons. The number of hydrogen-bond acceptors (Lipinski definition) is 13. The van der Waals surface area contributed by atoms with E-state index in [0.29, 0.717) is 9.13 Å². The second-order valence-corrected chi connectivity index (χ2v) is 7.98. The van der Waals surface area contributed by atoms with Crippen molar-refractivity contribution in [1.82, 2.24) is 9.13 Å². The number of aromatic nitrogens is 2. The minimum Gasteiger partial charge on any atom is -0.395 e. The summed E-state index contributed by atoms with van der Waals surface area (Å²) in [7, 11) is 2.21. The summed E-state index contributed by atoms with van der Waals surface area (Å²) in [6, 6.07) is 0. The van der Waals surface area contributed by atoms with Gasteiger partial charge >= 0.3 is 35.2 Å². The van der Waals surface area contributed by atoms with Gasteiger partial charge in [0.1, 0.15) is 53.8 Å². The van der Waals surface area contributed by atoms with Gasteiger partial charge in [0.05, 0.1) is 19.3 Å². The first-order valence-corrected chi connectivity index (χ1v) is 10.0. The first-order valence-electron chi connectivity index (χ1n) is 10.0. The summed E-state index contributed by atoms with van der Waals surface area (Å²) in [5.74, 6) is 0. The van der Waals surface area contributed by atoms with Gasteiger partial charge < -0.3 is 59.5 Å². The molecule has 3 heterocycles. The Labute approximate surface area is 213 Å². The van der Waals surface area contributed by atoms with Gasteiger partial charge in [0.15, 0.2) is 6.29 Å². The number of nitrogens with zero attached hydrogens (tertiary/aromatic N) is 2. The summed E-state index contributed by atoms with van der Waals surface area (Å²) in [6.07, 6.45) is -17.0. The van der Waals surface area contributed by atoms with E-state index in [0.717, 1.165) is 14.1 Å². The van der Waals surface area contributed by atoms with Crippen LogP contribution >= 0.6 is 0 Å². The molecule has 0 aromatic carbocycles. The average Bonchev–Trinajstić information content (AvgIpc) is 2.80. The maximum atomic E-state index is 12.5. The molecule has 0 unspecified atom stereocenters. The Balaban J connectivity index is 0.00000408. The van der Waals surface area contributed by atoms with Crippen LogP contribution in [0.4, 0.5) is 0 Å². The molecule has 2 aliphatic heterocycles. The van der Waals surface area contributed by atoms with E-state index in [1.807, 2.05) is 0 Å². The van der Waals surface area contributed by atoms with Gasteiger partial charge in [-0.2, -0.15) is 5.56 Å². The van der Waals surface area contributed by atoms with Crippen molar-refractivity contribution in [2.24, 2.45) is 14.1 Å². The maximum Gasteiger partial charge on any atom is 1.00 e. The molecule has 3 rings (SSSR count). The first kappa shape index (κ1) is 29.3. The van der Waals surface area contributed by atoms with E-state index in [9.17, 15) is 50.1 Å². The van der Waals surface area contributed by atoms with Crippen molar-refractivity contribution in [2.45, 2.75) is 61.2 Å². The number of hydrogen-bond donors (Lipinski definition) is 7. The van der Waals surface area contributed by atoms with E-state index in [2.05, 4.69) is 0 Å². The average molecular weight is 502 g/mol. The number of aliphatic hydroxyl groups is 7. The van der Waals surface area contributed by atoms with Crippen LogP contribution in [0.1, 0.15) is 11.7 Å². The van der Waals surface area contributed by atoms with Crippen molar-refractivity contribution in [2.75, 3.05) is 13.2 Å². The van der Waals surface area contributed by atoms with E-state index in [1.54, 1.807) is 0 Å². The smallest absolute Gasteiger partial charge is 0.395 e. The van der Waals surface area contributed by atoms with Gasteiger partial charge in [-0.25, -0.2) is 4.79 Å². The van der Waals surface area contributed by atoms with Crippen molar-refractivity contribution < 1.29 is 79.5 Å². The van der Waals surface area contributed by atoms with Gasteiger partial charge in [0, 0.05) is 14.1 Å². The molecule has 10 atom stereocenters. The van der Waals surface area contributed by atoms with E-state index in [1.165, 1.54) is 0 Å². The van der Waals surface area contributed by atoms with E-state index < -0.39 is 96.8 Å². The maximum absolute atomic E-state index is 12.5. The van der Waals surface area contributed by atoms with Crippen LogP contribution in [-0.2, 0) is 28.3 Å². The van der Waals surface area contributed by atoms with Crippen molar-refractivity contribution in [3.63, 3.8) is 0 Å². The zero-order chi connectivity index (χ0) is 24.8. The number of rotatable bonds is 5. The molecule has 2 saturated heterocycles. The minimum atomic E-state index is -1.96. The Kier molecular flexibility index (Phi) is 9.85. The topological polar surface area (TPSA) is 230 Å². The van der Waals surface area contributed by atoms with Crippen LogP contribution in [0.3, 0.4) is 0 Å². The summed E-state index contributed by atoms with van der Waals surface area (Å²) in [5, 5.41) is 70.2. The fraction of sp³-hybridized carbons (Fsp3) is 0.778. The van der Waals surface area contributed by atoms with Crippen molar-refractivity contribution >= 4 is 0 Å². The zero-order valence-electron chi connectivity index (χ0n) is 18.7. The second kappa shape index (κ2) is 11.4. The van der Waals surface area contributed by atoms with Crippen LogP contribution in [0.5, 0.6) is 0 Å². The Morgan fingerprint density at radius 2 is 1.32 bits per heavy atom. The fourth-order valence-electron chi connectivity index (χ4n) is 3.92. The predicted molar refractivity (Wildman–Crippen MR) is 104 cm³/mol. The minimum absolute atomic E-state index is 0. The standard InChI is InChI=1S/C18H27N2O13.Na/c1-19-15(28)7(16(29)20(2)18(19)30)14-11(26)10(25)13(6(4-22)31-14)33-17-12(27)9(24)8(23)5(3-21)32-17;/h5-6,8-14,17,21-27H,3-4H2,1-2H3;/q-1;+1/t5-,6-,8-,9+,10-,11-,12-,13-,14+,17+;/m1./s1. The van der Waals surface area contributed by atoms with Crippen LogP contribution in [0.15, 0.2) is 14.4 Å². The molecule has 7 N–H and O–H groups in total. The third kappa shape index (κ3) is 4.99. The molecule has 0 amide bonds. The Bertz CT molecular complexity index is 980. The van der Waals surface area contributed by atoms with Crippen LogP contribution in [-0.4, -0.2) is 113 Å². The molecule has 0 saturated carbocycles. The molecule has 1 aromatic heterocycles. The van der Waals surface area contributed by atoms with Crippen molar-refractivity contribution in [1.29, 1.82) is 0 Å². The third-order valence-electron chi connectivity index (χ3n) is 5.93. The number of ether oxygens (including phenoxy) is 3. The van der Waals surface area contributed by atoms with E-state index in [-0.39, 0.29) is 29.6 Å². The van der Waals surface area contributed by atoms with E-state index >= 15 is 0 Å². The Morgan fingerprint density at radius 3 is 1.82 bits per heavy atom. The van der Waals surface area contributed by atoms with Crippen LogP contribution in [0, 0.1) is 0 Å². The van der Waals surface area contributed by atoms with Gasteiger partial charge in [-0.1, -0.05) is 0 Å². The fourth-order valence-corrected chi connectivity index (χ4v) is 3.92. The second-order valence-electron chi connectivity index (χ2n) is 7.98. The molecular weight excluding hydrogens is 475 g/mol. The quantitative estimate of drug-likeness (QED) is 0.147. The molecule has 15 nitrogen and oxygen atoms in total. The Hall–Kier alpha value is -0.920. The largest absolute Gasteiger partial charge is 1.00 e. The summed E-state index contributed by atoms with van der Waals surface area (Å²) in [6.45, 7) is -1.59. The van der Waals surface area contributed by atoms with Crippen molar-refractivity contribution in [3.8, 4) is 0 Å². The normalized spacial score (nSPS) is 38.4. The molecule has 0 bridgehead atoms. The summed E-state index contributed by atoms with van der Waals surface area (Å²) in [5.41, 5.74) is -3.70. The van der Waals surface area contributed by atoms with Crippen LogP contribution < -0.4 is 46.4 Å². The molecular formula is C18H27N2NaO13. The van der Waals surface area contributed by atoms with Gasteiger partial charge in [0.25, 0.3) is 0 Å². The Morgan fingerprint density at radius 1 is 0.794 bits per heavy atom. The van der Waals surface area contributed by atoms with Gasteiger partial charge in [-0.15, -0.1) is 0 Å². The predicted octanol–water partition coefficient (Wildman–Crippen LogP) is -9.49. The first-order chi connectivity index (χ1) is 15.5. The monoisotopic (exact) mass is 502 g/mol. The summed E-state index contributed by atoms with van der Waals surface area (Å²) >= 11 is 0. The SMILES string of the molecule is Cn1c(=O)[c-]([C@@H]2O[C@H](CO)[C@@H](O[C@@H]3O[C@H](CO)[C@@H](O)[C@H](O)[C@H]3O)[C@H](O)[C@H]2O)c(=O)n(C)c1=O.[Na+]. The van der Waals surface area contributed by atoms with Crippen LogP contribution in [0.25, 0.3) is 0 Å². The molecule has 2 aliphatic rings. The van der Waals surface area contributed by atoms with Gasteiger partial charge in [-0.3, -0.25) is 9.13 Å². The van der Waals surface area contributed by atoms with E-state index in [4.69, 9.17) is 14.2 Å². The molecule has 2 fully saturated rings. The molecule has 1 aromatic rings. The summed E-state index contributed by atoms with van der Waals surface area (Å²) < 4.78 is 17.4. The molecule has 0 spiro atoms. The molecule has 34 heavy (non-hydrogen) atoms.